The van der Waals surface area contributed by atoms with Crippen LogP contribution in [-0.4, -0.2) is 35.2 Å². The Morgan fingerprint density at radius 3 is 2.37 bits per heavy atom. The van der Waals surface area contributed by atoms with Gasteiger partial charge in [-0.25, -0.2) is 8.42 Å². The van der Waals surface area contributed by atoms with Crippen molar-refractivity contribution in [2.24, 2.45) is 12.9 Å². The number of hydrogen-bond donors (Lipinski definition) is 2. The Hall–Kier alpha value is -0.630. The molecule has 0 fully saturated rings. The Bertz CT molecular complexity index is 565. The molecule has 6 nitrogen and oxygen atoms in total. The van der Waals surface area contributed by atoms with Crippen molar-refractivity contribution in [2.75, 3.05) is 6.26 Å². The Morgan fingerprint density at radius 2 is 2.05 bits per heavy atom. The molecular formula is C11H21ClN4O2S. The minimum Gasteiger partial charge on any atom is -0.271 e. The zero-order valence-corrected chi connectivity index (χ0v) is 13.4. The van der Waals surface area contributed by atoms with E-state index in [1.807, 2.05) is 6.92 Å². The van der Waals surface area contributed by atoms with Crippen LogP contribution in [0.4, 0.5) is 0 Å². The standard InChI is InChI=1S/C11H21ClN4O2S/c1-7-8(10(12)16(4)15-7)6-9(14-13)11(2,3)19(5,17)18/h9,14H,6,13H2,1-5H3. The van der Waals surface area contributed by atoms with Gasteiger partial charge in [-0.3, -0.25) is 16.0 Å². The van der Waals surface area contributed by atoms with E-state index in [1.54, 1.807) is 25.6 Å². The molecule has 1 heterocycles. The Labute approximate surface area is 119 Å². The largest absolute Gasteiger partial charge is 0.271 e. The van der Waals surface area contributed by atoms with Crippen LogP contribution in [0.1, 0.15) is 25.1 Å². The molecule has 1 aromatic heterocycles. The highest BCUT2D eigenvalue weighted by atomic mass is 35.5. The fraction of sp³-hybridized carbons (Fsp3) is 0.727. The van der Waals surface area contributed by atoms with Gasteiger partial charge in [0.25, 0.3) is 0 Å². The predicted octanol–water partition coefficient (Wildman–Crippen LogP) is 0.580. The predicted molar refractivity (Wildman–Crippen MR) is 76.7 cm³/mol. The van der Waals surface area contributed by atoms with Gasteiger partial charge >= 0.3 is 0 Å². The molecule has 0 radical (unpaired) electrons. The molecule has 1 rings (SSSR count). The van der Waals surface area contributed by atoms with Crippen molar-refractivity contribution in [3.8, 4) is 0 Å². The summed E-state index contributed by atoms with van der Waals surface area (Å²) in [6.07, 6.45) is 1.60. The lowest BCUT2D eigenvalue weighted by Crippen LogP contribution is -2.55. The number of halogens is 1. The summed E-state index contributed by atoms with van der Waals surface area (Å²) in [5.41, 5.74) is 4.17. The Morgan fingerprint density at radius 1 is 1.53 bits per heavy atom. The molecule has 0 saturated carbocycles. The third-order valence-corrected chi connectivity index (χ3v) is 6.34. The van der Waals surface area contributed by atoms with E-state index in [4.69, 9.17) is 17.4 Å². The molecule has 1 atom stereocenters. The van der Waals surface area contributed by atoms with Crippen LogP contribution >= 0.6 is 11.6 Å². The quantitative estimate of drug-likeness (QED) is 0.613. The molecule has 0 aliphatic carbocycles. The minimum atomic E-state index is -3.27. The lowest BCUT2D eigenvalue weighted by molar-refractivity contribution is 0.412. The van der Waals surface area contributed by atoms with E-state index >= 15 is 0 Å². The molecule has 0 spiro atoms. The third-order valence-electron chi connectivity index (χ3n) is 3.67. The van der Waals surface area contributed by atoms with E-state index in [2.05, 4.69) is 10.5 Å². The molecule has 19 heavy (non-hydrogen) atoms. The highest BCUT2D eigenvalue weighted by Crippen LogP contribution is 2.27. The molecule has 0 aliphatic rings. The second-order valence-corrected chi connectivity index (χ2v) is 8.23. The topological polar surface area (TPSA) is 90.0 Å². The second kappa shape index (κ2) is 5.40. The summed E-state index contributed by atoms with van der Waals surface area (Å²) >= 11 is 6.16. The lowest BCUT2D eigenvalue weighted by Gasteiger charge is -2.32. The molecule has 110 valence electrons. The molecule has 0 aromatic carbocycles. The number of aryl methyl sites for hydroxylation is 2. The van der Waals surface area contributed by atoms with Crippen molar-refractivity contribution >= 4 is 21.4 Å². The van der Waals surface area contributed by atoms with E-state index in [9.17, 15) is 8.42 Å². The summed E-state index contributed by atoms with van der Waals surface area (Å²) in [6.45, 7) is 5.13. The second-order valence-electron chi connectivity index (χ2n) is 5.28. The van der Waals surface area contributed by atoms with Gasteiger partial charge in [0.15, 0.2) is 9.84 Å². The lowest BCUT2D eigenvalue weighted by atomic mass is 9.96. The van der Waals surface area contributed by atoms with Crippen LogP contribution in [0.15, 0.2) is 0 Å². The number of nitrogens with one attached hydrogen (secondary N) is 1. The summed E-state index contributed by atoms with van der Waals surface area (Å²) < 4.78 is 24.3. The van der Waals surface area contributed by atoms with Crippen LogP contribution in [0.25, 0.3) is 0 Å². The highest BCUT2D eigenvalue weighted by Gasteiger charge is 2.39. The molecular weight excluding hydrogens is 288 g/mol. The third kappa shape index (κ3) is 3.10. The number of hydrazine groups is 1. The van der Waals surface area contributed by atoms with E-state index in [1.165, 1.54) is 6.26 Å². The van der Waals surface area contributed by atoms with Gasteiger partial charge in [0.05, 0.1) is 10.4 Å². The first kappa shape index (κ1) is 16.4. The number of nitrogens with two attached hydrogens (primary N) is 1. The van der Waals surface area contributed by atoms with Gasteiger partial charge in [-0.15, -0.1) is 0 Å². The molecule has 0 amide bonds. The molecule has 3 N–H and O–H groups in total. The zero-order valence-electron chi connectivity index (χ0n) is 11.9. The van der Waals surface area contributed by atoms with Crippen LogP contribution in [0.5, 0.6) is 0 Å². The van der Waals surface area contributed by atoms with Crippen molar-refractivity contribution in [2.45, 2.75) is 38.0 Å². The molecule has 1 unspecified atom stereocenters. The van der Waals surface area contributed by atoms with Gasteiger partial charge in [-0.1, -0.05) is 11.6 Å². The van der Waals surface area contributed by atoms with E-state index in [0.29, 0.717) is 11.6 Å². The van der Waals surface area contributed by atoms with Crippen molar-refractivity contribution in [3.05, 3.63) is 16.4 Å². The average Bonchev–Trinajstić information content (AvgIpc) is 2.49. The normalized spacial score (nSPS) is 14.7. The zero-order chi connectivity index (χ0) is 15.0. The van der Waals surface area contributed by atoms with Crippen molar-refractivity contribution in [1.82, 2.24) is 15.2 Å². The van der Waals surface area contributed by atoms with Crippen molar-refractivity contribution in [3.63, 3.8) is 0 Å². The SMILES string of the molecule is Cc1nn(C)c(Cl)c1CC(NN)C(C)(C)S(C)(=O)=O. The fourth-order valence-electron chi connectivity index (χ4n) is 1.87. The summed E-state index contributed by atoms with van der Waals surface area (Å²) in [5.74, 6) is 5.53. The van der Waals surface area contributed by atoms with Gasteiger partial charge in [0, 0.05) is 24.9 Å². The van der Waals surface area contributed by atoms with Crippen LogP contribution in [0.2, 0.25) is 5.15 Å². The Balaban J connectivity index is 3.14. The minimum absolute atomic E-state index is 0.398. The number of rotatable bonds is 5. The fourth-order valence-corrected chi connectivity index (χ4v) is 2.79. The Kier molecular flexibility index (Phi) is 4.66. The highest BCUT2D eigenvalue weighted by molar-refractivity contribution is 7.92. The molecule has 0 aliphatic heterocycles. The number of aromatic nitrogens is 2. The monoisotopic (exact) mass is 308 g/mol. The number of hydrogen-bond acceptors (Lipinski definition) is 5. The van der Waals surface area contributed by atoms with E-state index in [0.717, 1.165) is 11.3 Å². The first-order chi connectivity index (χ1) is 8.52. The molecule has 1 aromatic rings. The van der Waals surface area contributed by atoms with Crippen molar-refractivity contribution < 1.29 is 8.42 Å². The summed E-state index contributed by atoms with van der Waals surface area (Å²) in [6, 6.07) is -0.456. The first-order valence-corrected chi connectivity index (χ1v) is 8.13. The first-order valence-electron chi connectivity index (χ1n) is 5.86. The van der Waals surface area contributed by atoms with Crippen LogP contribution in [0, 0.1) is 6.92 Å². The van der Waals surface area contributed by atoms with Crippen molar-refractivity contribution in [1.29, 1.82) is 0 Å². The van der Waals surface area contributed by atoms with Gasteiger partial charge < -0.3 is 0 Å². The van der Waals surface area contributed by atoms with Crippen LogP contribution in [0.3, 0.4) is 0 Å². The molecule has 8 heteroatoms. The van der Waals surface area contributed by atoms with Gasteiger partial charge in [-0.2, -0.15) is 5.10 Å². The summed E-state index contributed by atoms with van der Waals surface area (Å²) in [7, 11) is -1.52. The van der Waals surface area contributed by atoms with Gasteiger partial charge in [-0.05, 0) is 27.2 Å². The maximum absolute atomic E-state index is 11.9. The molecule has 0 saturated heterocycles. The average molecular weight is 309 g/mol. The summed E-state index contributed by atoms with van der Waals surface area (Å²) in [5, 5.41) is 4.71. The maximum atomic E-state index is 11.9. The number of nitrogens with zero attached hydrogens (tertiary/aromatic N) is 2. The molecule has 0 bridgehead atoms. The van der Waals surface area contributed by atoms with Crippen LogP contribution < -0.4 is 11.3 Å². The number of sulfone groups is 1. The van der Waals surface area contributed by atoms with Gasteiger partial charge in [0.2, 0.25) is 0 Å². The van der Waals surface area contributed by atoms with E-state index in [-0.39, 0.29) is 0 Å². The van der Waals surface area contributed by atoms with E-state index < -0.39 is 20.6 Å². The maximum Gasteiger partial charge on any atom is 0.154 e. The van der Waals surface area contributed by atoms with Crippen LogP contribution in [-0.2, 0) is 23.3 Å². The summed E-state index contributed by atoms with van der Waals surface area (Å²) in [4.78, 5) is 0. The smallest absolute Gasteiger partial charge is 0.154 e. The van der Waals surface area contributed by atoms with Gasteiger partial charge in [0.1, 0.15) is 5.15 Å².